The number of hydrogen-bond donors (Lipinski definition) is 0. The summed E-state index contributed by atoms with van der Waals surface area (Å²) in [7, 11) is 1.91. The smallest absolute Gasteiger partial charge is 0.249 e. The zero-order valence-electron chi connectivity index (χ0n) is 13.9. The number of carbonyl (C=O) groups excluding carboxylic acids is 1. The molecule has 0 radical (unpaired) electrons. The molecular weight excluding hydrogens is 316 g/mol. The number of nitrogens with zero attached hydrogens (tertiary/aromatic N) is 3. The van der Waals surface area contributed by atoms with Crippen molar-refractivity contribution in [3.63, 3.8) is 0 Å². The highest BCUT2D eigenvalue weighted by Crippen LogP contribution is 2.43. The largest absolute Gasteiger partial charge is 0.375 e. The lowest BCUT2D eigenvalue weighted by Gasteiger charge is -2.38. The number of alkyl halides is 2. The van der Waals surface area contributed by atoms with Gasteiger partial charge < -0.3 is 9.64 Å². The molecule has 0 atom stereocenters. The van der Waals surface area contributed by atoms with Crippen molar-refractivity contribution in [2.75, 3.05) is 13.2 Å². The SMILES string of the molecule is Cn1nc(COCC2CC2)c2c1CCN(C(=O)C1CC(F)(F)C1)C2. The van der Waals surface area contributed by atoms with Crippen molar-refractivity contribution in [3.05, 3.63) is 17.0 Å². The molecule has 2 aliphatic carbocycles. The highest BCUT2D eigenvalue weighted by Gasteiger charge is 2.50. The van der Waals surface area contributed by atoms with Crippen molar-refractivity contribution in [1.82, 2.24) is 14.7 Å². The summed E-state index contributed by atoms with van der Waals surface area (Å²) >= 11 is 0. The molecule has 3 aliphatic rings. The number of amides is 1. The average Bonchev–Trinajstić information content (AvgIpc) is 3.29. The molecule has 5 nitrogen and oxygen atoms in total. The maximum atomic E-state index is 13.0. The molecule has 2 fully saturated rings. The van der Waals surface area contributed by atoms with E-state index >= 15 is 0 Å². The normalized spacial score (nSPS) is 23.0. The van der Waals surface area contributed by atoms with Crippen LogP contribution >= 0.6 is 0 Å². The van der Waals surface area contributed by atoms with Gasteiger partial charge in [0.15, 0.2) is 0 Å². The zero-order chi connectivity index (χ0) is 16.9. The van der Waals surface area contributed by atoms with Gasteiger partial charge in [0.2, 0.25) is 11.8 Å². The quantitative estimate of drug-likeness (QED) is 0.827. The van der Waals surface area contributed by atoms with Gasteiger partial charge >= 0.3 is 0 Å². The van der Waals surface area contributed by atoms with Crippen molar-refractivity contribution in [1.29, 1.82) is 0 Å². The third kappa shape index (κ3) is 3.06. The maximum Gasteiger partial charge on any atom is 0.249 e. The molecule has 24 heavy (non-hydrogen) atoms. The van der Waals surface area contributed by atoms with Crippen LogP contribution in [0.2, 0.25) is 0 Å². The van der Waals surface area contributed by atoms with Gasteiger partial charge in [-0.3, -0.25) is 9.48 Å². The minimum Gasteiger partial charge on any atom is -0.375 e. The van der Waals surface area contributed by atoms with Crippen molar-refractivity contribution in [2.24, 2.45) is 18.9 Å². The Morgan fingerprint density at radius 3 is 2.79 bits per heavy atom. The third-order valence-corrected chi connectivity index (χ3v) is 5.37. The molecule has 0 bridgehead atoms. The van der Waals surface area contributed by atoms with Crippen LogP contribution in [0, 0.1) is 11.8 Å². The van der Waals surface area contributed by atoms with Gasteiger partial charge in [-0.15, -0.1) is 0 Å². The first-order chi connectivity index (χ1) is 11.4. The Hall–Kier alpha value is -1.50. The van der Waals surface area contributed by atoms with Gasteiger partial charge in [0.1, 0.15) is 0 Å². The lowest BCUT2D eigenvalue weighted by Crippen LogP contribution is -2.48. The Kier molecular flexibility index (Phi) is 3.86. The van der Waals surface area contributed by atoms with Crippen LogP contribution in [-0.2, 0) is 36.2 Å². The Labute approximate surface area is 139 Å². The topological polar surface area (TPSA) is 47.4 Å². The fourth-order valence-electron chi connectivity index (χ4n) is 3.67. The van der Waals surface area contributed by atoms with Crippen LogP contribution in [0.5, 0.6) is 0 Å². The van der Waals surface area contributed by atoms with Crippen molar-refractivity contribution in [3.8, 4) is 0 Å². The highest BCUT2D eigenvalue weighted by atomic mass is 19.3. The van der Waals surface area contributed by atoms with Crippen LogP contribution in [-0.4, -0.2) is 39.7 Å². The first-order valence-electron chi connectivity index (χ1n) is 8.71. The third-order valence-electron chi connectivity index (χ3n) is 5.37. The fourth-order valence-corrected chi connectivity index (χ4v) is 3.67. The second-order valence-electron chi connectivity index (χ2n) is 7.42. The molecule has 0 saturated heterocycles. The molecule has 1 aromatic heterocycles. The Bertz CT molecular complexity index is 647. The predicted octanol–water partition coefficient (Wildman–Crippen LogP) is 2.28. The van der Waals surface area contributed by atoms with E-state index in [1.807, 2.05) is 11.7 Å². The summed E-state index contributed by atoms with van der Waals surface area (Å²) in [5.74, 6) is -2.62. The van der Waals surface area contributed by atoms with Crippen LogP contribution in [0.3, 0.4) is 0 Å². The standard InChI is InChI=1S/C17H23F2N3O2/c1-21-15-4-5-22(16(23)12-6-17(18,19)7-12)8-13(15)14(20-21)10-24-9-11-2-3-11/h11-12H,2-10H2,1H3. The van der Waals surface area contributed by atoms with Crippen LogP contribution in [0.25, 0.3) is 0 Å². The minimum absolute atomic E-state index is 0.139. The molecule has 132 valence electrons. The number of aromatic nitrogens is 2. The lowest BCUT2D eigenvalue weighted by atomic mass is 9.80. The maximum absolute atomic E-state index is 13.0. The van der Waals surface area contributed by atoms with E-state index in [2.05, 4.69) is 5.10 Å². The van der Waals surface area contributed by atoms with E-state index in [4.69, 9.17) is 4.74 Å². The number of rotatable bonds is 5. The minimum atomic E-state index is -2.66. The van der Waals surface area contributed by atoms with E-state index in [9.17, 15) is 13.6 Å². The number of carbonyl (C=O) groups is 1. The zero-order valence-corrected chi connectivity index (χ0v) is 13.9. The second kappa shape index (κ2) is 5.79. The molecule has 0 spiro atoms. The summed E-state index contributed by atoms with van der Waals surface area (Å²) in [6, 6.07) is 0. The Balaban J connectivity index is 1.42. The van der Waals surface area contributed by atoms with Crippen LogP contribution < -0.4 is 0 Å². The summed E-state index contributed by atoms with van der Waals surface area (Å²) in [6.45, 7) is 2.27. The van der Waals surface area contributed by atoms with Crippen LogP contribution in [0.15, 0.2) is 0 Å². The molecule has 2 saturated carbocycles. The Morgan fingerprint density at radius 2 is 2.12 bits per heavy atom. The molecule has 0 unspecified atom stereocenters. The van der Waals surface area contributed by atoms with Crippen molar-refractivity contribution in [2.45, 2.75) is 51.2 Å². The van der Waals surface area contributed by atoms with Crippen LogP contribution in [0.1, 0.15) is 42.6 Å². The van der Waals surface area contributed by atoms with Gasteiger partial charge in [0, 0.05) is 63.2 Å². The number of fused-ring (bicyclic) bond motifs is 1. The molecule has 4 rings (SSSR count). The number of ether oxygens (including phenoxy) is 1. The monoisotopic (exact) mass is 339 g/mol. The molecule has 7 heteroatoms. The van der Waals surface area contributed by atoms with E-state index in [1.165, 1.54) is 12.8 Å². The fraction of sp³-hybridized carbons (Fsp3) is 0.765. The lowest BCUT2D eigenvalue weighted by molar-refractivity contribution is -0.160. The molecule has 1 aromatic rings. The molecule has 1 aliphatic heterocycles. The summed E-state index contributed by atoms with van der Waals surface area (Å²) in [5, 5.41) is 4.54. The molecule has 1 amide bonds. The highest BCUT2D eigenvalue weighted by molar-refractivity contribution is 5.80. The van der Waals surface area contributed by atoms with Gasteiger partial charge in [-0.2, -0.15) is 5.10 Å². The van der Waals surface area contributed by atoms with E-state index in [0.29, 0.717) is 25.6 Å². The summed E-state index contributed by atoms with van der Waals surface area (Å²) < 4.78 is 33.7. The number of hydrogen-bond acceptors (Lipinski definition) is 3. The van der Waals surface area contributed by atoms with E-state index in [-0.39, 0.29) is 18.7 Å². The Morgan fingerprint density at radius 1 is 1.38 bits per heavy atom. The van der Waals surface area contributed by atoms with E-state index in [1.54, 1.807) is 4.90 Å². The summed E-state index contributed by atoms with van der Waals surface area (Å²) in [5.41, 5.74) is 3.05. The van der Waals surface area contributed by atoms with Gasteiger partial charge in [-0.05, 0) is 18.8 Å². The van der Waals surface area contributed by atoms with Crippen molar-refractivity contribution >= 4 is 5.91 Å². The number of halogens is 2. The predicted molar refractivity (Wildman–Crippen MR) is 82.4 cm³/mol. The van der Waals surface area contributed by atoms with Crippen molar-refractivity contribution < 1.29 is 18.3 Å². The van der Waals surface area contributed by atoms with Gasteiger partial charge in [-0.25, -0.2) is 8.78 Å². The first kappa shape index (κ1) is 16.0. The summed E-state index contributed by atoms with van der Waals surface area (Å²) in [6.07, 6.45) is 2.60. The van der Waals surface area contributed by atoms with E-state index in [0.717, 1.165) is 30.0 Å². The van der Waals surface area contributed by atoms with Gasteiger partial charge in [-0.1, -0.05) is 0 Å². The van der Waals surface area contributed by atoms with Gasteiger partial charge in [0.05, 0.1) is 12.3 Å². The molecular formula is C17H23F2N3O2. The van der Waals surface area contributed by atoms with Gasteiger partial charge in [0.25, 0.3) is 0 Å². The van der Waals surface area contributed by atoms with E-state index < -0.39 is 11.8 Å². The second-order valence-corrected chi connectivity index (χ2v) is 7.42. The van der Waals surface area contributed by atoms with Crippen LogP contribution in [0.4, 0.5) is 8.78 Å². The number of aryl methyl sites for hydroxylation is 1. The molecule has 2 heterocycles. The molecule has 0 N–H and O–H groups in total. The first-order valence-corrected chi connectivity index (χ1v) is 8.71. The average molecular weight is 339 g/mol. The molecule has 0 aromatic carbocycles. The summed E-state index contributed by atoms with van der Waals surface area (Å²) in [4.78, 5) is 14.2.